The van der Waals surface area contributed by atoms with Gasteiger partial charge in [-0.25, -0.2) is 4.98 Å². The lowest BCUT2D eigenvalue weighted by atomic mass is 10.6. The molecular weight excluding hydrogens is 174 g/mol. The van der Waals surface area contributed by atoms with E-state index in [0.29, 0.717) is 5.82 Å². The number of aromatic amines is 1. The zero-order valence-corrected chi connectivity index (χ0v) is 7.22. The summed E-state index contributed by atoms with van der Waals surface area (Å²) in [5.41, 5.74) is 5.35. The van der Waals surface area contributed by atoms with Gasteiger partial charge in [-0.2, -0.15) is 4.98 Å². The molecule has 2 heterocycles. The van der Waals surface area contributed by atoms with Gasteiger partial charge in [0.05, 0.1) is 0 Å². The monoisotopic (exact) mass is 181 g/mol. The van der Waals surface area contributed by atoms with Gasteiger partial charge in [0.2, 0.25) is 5.95 Å². The van der Waals surface area contributed by atoms with Gasteiger partial charge in [0.25, 0.3) is 0 Å². The molecule has 2 aromatic rings. The summed E-state index contributed by atoms with van der Waals surface area (Å²) in [6, 6.07) is 0. The Hall–Kier alpha value is -1.43. The van der Waals surface area contributed by atoms with Crippen LogP contribution >= 0.6 is 11.3 Å². The number of nitrogens with two attached hydrogens (primary N) is 1. The summed E-state index contributed by atoms with van der Waals surface area (Å²) in [4.78, 5) is 9.22. The van der Waals surface area contributed by atoms with E-state index in [1.54, 1.807) is 17.5 Å². The second kappa shape index (κ2) is 2.56. The smallest absolute Gasteiger partial charge is 0.239 e. The van der Waals surface area contributed by atoms with Gasteiger partial charge in [0.1, 0.15) is 0 Å². The molecule has 5 nitrogen and oxygen atoms in total. The topological polar surface area (TPSA) is 80.5 Å². The number of thiazole rings is 1. The highest BCUT2D eigenvalue weighted by Gasteiger charge is 2.06. The molecule has 0 aliphatic rings. The van der Waals surface area contributed by atoms with Crippen LogP contribution in [0.15, 0.2) is 6.20 Å². The first-order chi connectivity index (χ1) is 5.75. The predicted octanol–water partition coefficient (Wildman–Crippen LogP) is 0.819. The lowest BCUT2D eigenvalue weighted by Gasteiger charge is -1.83. The van der Waals surface area contributed by atoms with E-state index in [-0.39, 0.29) is 5.95 Å². The van der Waals surface area contributed by atoms with E-state index in [1.807, 2.05) is 6.92 Å². The molecule has 0 amide bonds. The number of rotatable bonds is 1. The number of hydrogen-bond acceptors (Lipinski definition) is 5. The molecule has 0 saturated heterocycles. The first kappa shape index (κ1) is 7.23. The maximum atomic E-state index is 5.35. The third-order valence-electron chi connectivity index (χ3n) is 1.33. The molecule has 0 aliphatic carbocycles. The Morgan fingerprint density at radius 2 is 2.42 bits per heavy atom. The van der Waals surface area contributed by atoms with Crippen LogP contribution < -0.4 is 5.73 Å². The van der Waals surface area contributed by atoms with Crippen molar-refractivity contribution < 1.29 is 0 Å². The number of anilines is 1. The maximum absolute atomic E-state index is 5.35. The van der Waals surface area contributed by atoms with E-state index in [0.717, 1.165) is 9.88 Å². The van der Waals surface area contributed by atoms with E-state index in [1.165, 1.54) is 0 Å². The molecule has 62 valence electrons. The van der Waals surface area contributed by atoms with Gasteiger partial charge in [-0.3, -0.25) is 5.10 Å². The highest BCUT2D eigenvalue weighted by atomic mass is 32.1. The summed E-state index contributed by atoms with van der Waals surface area (Å²) in [5.74, 6) is 0.878. The van der Waals surface area contributed by atoms with Gasteiger partial charge < -0.3 is 5.73 Å². The summed E-state index contributed by atoms with van der Waals surface area (Å²) in [6.07, 6.45) is 1.79. The SMILES string of the molecule is Cc1cnc(-c2nc(N)n[nH]2)s1. The number of H-pyrrole nitrogens is 1. The van der Waals surface area contributed by atoms with Crippen molar-refractivity contribution in [3.8, 4) is 10.8 Å². The molecule has 3 N–H and O–H groups in total. The molecule has 0 aliphatic heterocycles. The highest BCUT2D eigenvalue weighted by molar-refractivity contribution is 7.14. The van der Waals surface area contributed by atoms with Crippen LogP contribution in [0.4, 0.5) is 5.95 Å². The van der Waals surface area contributed by atoms with Crippen molar-refractivity contribution in [3.63, 3.8) is 0 Å². The number of nitrogens with one attached hydrogen (secondary N) is 1. The lowest BCUT2D eigenvalue weighted by molar-refractivity contribution is 1.10. The number of aryl methyl sites for hydroxylation is 1. The fraction of sp³-hybridized carbons (Fsp3) is 0.167. The van der Waals surface area contributed by atoms with Crippen LogP contribution in [-0.2, 0) is 0 Å². The van der Waals surface area contributed by atoms with Gasteiger partial charge in [-0.1, -0.05) is 0 Å². The molecule has 0 bridgehead atoms. The van der Waals surface area contributed by atoms with Gasteiger partial charge in [0, 0.05) is 11.1 Å². The molecule has 0 spiro atoms. The largest absolute Gasteiger partial charge is 0.366 e. The van der Waals surface area contributed by atoms with Crippen LogP contribution in [0, 0.1) is 6.92 Å². The fourth-order valence-corrected chi connectivity index (χ4v) is 1.54. The first-order valence-electron chi connectivity index (χ1n) is 3.36. The average Bonchev–Trinajstić information content (AvgIpc) is 2.58. The highest BCUT2D eigenvalue weighted by Crippen LogP contribution is 2.20. The summed E-state index contributed by atoms with van der Waals surface area (Å²) in [7, 11) is 0. The third-order valence-corrected chi connectivity index (χ3v) is 2.25. The number of hydrogen-bond donors (Lipinski definition) is 2. The van der Waals surface area contributed by atoms with Crippen molar-refractivity contribution >= 4 is 17.3 Å². The van der Waals surface area contributed by atoms with Gasteiger partial charge in [-0.15, -0.1) is 16.4 Å². The minimum Gasteiger partial charge on any atom is -0.366 e. The fourth-order valence-electron chi connectivity index (χ4n) is 0.835. The quantitative estimate of drug-likeness (QED) is 0.682. The number of aromatic nitrogens is 4. The van der Waals surface area contributed by atoms with E-state index < -0.39 is 0 Å². The average molecular weight is 181 g/mol. The Bertz CT molecular complexity index is 352. The molecule has 0 aromatic carbocycles. The van der Waals surface area contributed by atoms with Gasteiger partial charge in [-0.05, 0) is 6.92 Å². The molecule has 12 heavy (non-hydrogen) atoms. The van der Waals surface area contributed by atoms with Crippen LogP contribution in [0.5, 0.6) is 0 Å². The summed E-state index contributed by atoms with van der Waals surface area (Å²) in [6.45, 7) is 1.99. The normalized spacial score (nSPS) is 10.4. The van der Waals surface area contributed by atoms with E-state index in [9.17, 15) is 0 Å². The van der Waals surface area contributed by atoms with E-state index in [4.69, 9.17) is 5.73 Å². The van der Waals surface area contributed by atoms with E-state index in [2.05, 4.69) is 20.2 Å². The van der Waals surface area contributed by atoms with Crippen LogP contribution in [0.25, 0.3) is 10.8 Å². The molecule has 0 radical (unpaired) electrons. The Morgan fingerprint density at radius 3 is 2.92 bits per heavy atom. The van der Waals surface area contributed by atoms with Crippen molar-refractivity contribution in [3.05, 3.63) is 11.1 Å². The summed E-state index contributed by atoms with van der Waals surface area (Å²) >= 11 is 1.55. The van der Waals surface area contributed by atoms with Crippen molar-refractivity contribution in [2.75, 3.05) is 5.73 Å². The zero-order chi connectivity index (χ0) is 8.55. The molecule has 6 heteroatoms. The van der Waals surface area contributed by atoms with Crippen LogP contribution in [0.3, 0.4) is 0 Å². The lowest BCUT2D eigenvalue weighted by Crippen LogP contribution is -1.85. The minimum absolute atomic E-state index is 0.248. The number of nitrogens with zero attached hydrogens (tertiary/aromatic N) is 3. The first-order valence-corrected chi connectivity index (χ1v) is 4.18. The summed E-state index contributed by atoms with van der Waals surface area (Å²) < 4.78 is 0. The maximum Gasteiger partial charge on any atom is 0.239 e. The van der Waals surface area contributed by atoms with Crippen molar-refractivity contribution in [2.24, 2.45) is 0 Å². The van der Waals surface area contributed by atoms with Crippen molar-refractivity contribution in [1.29, 1.82) is 0 Å². The molecule has 2 rings (SSSR count). The standard InChI is InChI=1S/C6H7N5S/c1-3-2-8-5(12-3)4-9-6(7)11-10-4/h2H,1H3,(H3,7,9,10,11). The van der Waals surface area contributed by atoms with E-state index >= 15 is 0 Å². The van der Waals surface area contributed by atoms with Crippen molar-refractivity contribution in [2.45, 2.75) is 6.92 Å². The molecule has 2 aromatic heterocycles. The Labute approximate surface area is 72.7 Å². The minimum atomic E-state index is 0.248. The predicted molar refractivity (Wildman–Crippen MR) is 46.6 cm³/mol. The second-order valence-electron chi connectivity index (χ2n) is 2.32. The molecule has 0 atom stereocenters. The van der Waals surface area contributed by atoms with Crippen molar-refractivity contribution in [1.82, 2.24) is 20.2 Å². The molecule has 0 fully saturated rings. The summed E-state index contributed by atoms with van der Waals surface area (Å²) in [5, 5.41) is 7.22. The molecule has 0 unspecified atom stereocenters. The van der Waals surface area contributed by atoms with Crippen LogP contribution in [0.1, 0.15) is 4.88 Å². The van der Waals surface area contributed by atoms with Gasteiger partial charge in [0.15, 0.2) is 10.8 Å². The van der Waals surface area contributed by atoms with Crippen LogP contribution in [0.2, 0.25) is 0 Å². The Morgan fingerprint density at radius 1 is 1.58 bits per heavy atom. The number of nitrogen functional groups attached to an aromatic ring is 1. The van der Waals surface area contributed by atoms with Gasteiger partial charge >= 0.3 is 0 Å². The third kappa shape index (κ3) is 1.16. The molecule has 0 saturated carbocycles. The Balaban J connectivity index is 2.43. The molecular formula is C6H7N5S. The van der Waals surface area contributed by atoms with Crippen LogP contribution in [-0.4, -0.2) is 20.2 Å². The zero-order valence-electron chi connectivity index (χ0n) is 6.40. The second-order valence-corrected chi connectivity index (χ2v) is 3.55. The Kier molecular flexibility index (Phi) is 1.54.